The summed E-state index contributed by atoms with van der Waals surface area (Å²) in [6.07, 6.45) is 3.25. The van der Waals surface area contributed by atoms with E-state index >= 15 is 0 Å². The van der Waals surface area contributed by atoms with Gasteiger partial charge in [0.15, 0.2) is 0 Å². The molecule has 1 heterocycles. The molecule has 2 nitrogen and oxygen atoms in total. The van der Waals surface area contributed by atoms with E-state index in [1.165, 1.54) is 11.1 Å². The van der Waals surface area contributed by atoms with Crippen LogP contribution in [0.5, 0.6) is 11.5 Å². The van der Waals surface area contributed by atoms with Gasteiger partial charge < -0.3 is 4.74 Å². The van der Waals surface area contributed by atoms with Crippen LogP contribution in [0.2, 0.25) is 0 Å². The van der Waals surface area contributed by atoms with E-state index in [9.17, 15) is 0 Å². The third-order valence-electron chi connectivity index (χ3n) is 3.21. The molecular formula is C17H16NO. The Balaban J connectivity index is 1.74. The van der Waals surface area contributed by atoms with Crippen LogP contribution in [0.25, 0.3) is 5.57 Å². The fourth-order valence-electron chi connectivity index (χ4n) is 2.19. The van der Waals surface area contributed by atoms with Gasteiger partial charge in [-0.15, -0.1) is 0 Å². The Morgan fingerprint density at radius 2 is 1.58 bits per heavy atom. The molecule has 1 aliphatic rings. The van der Waals surface area contributed by atoms with Crippen molar-refractivity contribution >= 4 is 5.57 Å². The van der Waals surface area contributed by atoms with Crippen LogP contribution in [0.3, 0.4) is 0 Å². The topological polar surface area (TPSA) is 23.3 Å². The van der Waals surface area contributed by atoms with Crippen LogP contribution in [0, 0.1) is 0 Å². The number of ether oxygens (including phenoxy) is 1. The van der Waals surface area contributed by atoms with Crippen LogP contribution in [-0.4, -0.2) is 13.1 Å². The number of para-hydroxylation sites is 1. The first-order chi connectivity index (χ1) is 9.42. The number of hydrogen-bond donors (Lipinski definition) is 0. The van der Waals surface area contributed by atoms with Gasteiger partial charge in [0.25, 0.3) is 0 Å². The molecule has 0 saturated heterocycles. The molecule has 1 aliphatic heterocycles. The average Bonchev–Trinajstić information content (AvgIpc) is 2.50. The Bertz CT molecular complexity index is 558. The highest BCUT2D eigenvalue weighted by Crippen LogP contribution is 2.25. The van der Waals surface area contributed by atoms with Gasteiger partial charge in [-0.2, -0.15) is 0 Å². The minimum Gasteiger partial charge on any atom is -0.457 e. The molecule has 0 saturated carbocycles. The first kappa shape index (κ1) is 12.0. The second kappa shape index (κ2) is 5.72. The summed E-state index contributed by atoms with van der Waals surface area (Å²) in [6.45, 7) is 1.78. The van der Waals surface area contributed by atoms with Crippen molar-refractivity contribution in [3.05, 3.63) is 66.2 Å². The molecule has 1 radical (unpaired) electrons. The Morgan fingerprint density at radius 1 is 0.842 bits per heavy atom. The van der Waals surface area contributed by atoms with Crippen molar-refractivity contribution in [2.24, 2.45) is 0 Å². The quantitative estimate of drug-likeness (QED) is 0.811. The molecule has 3 rings (SSSR count). The van der Waals surface area contributed by atoms with E-state index in [2.05, 4.69) is 23.5 Å². The smallest absolute Gasteiger partial charge is 0.127 e. The van der Waals surface area contributed by atoms with Gasteiger partial charge in [0.05, 0.1) is 0 Å². The lowest BCUT2D eigenvalue weighted by Crippen LogP contribution is -2.12. The molecule has 0 fully saturated rings. The van der Waals surface area contributed by atoms with Gasteiger partial charge in [0.1, 0.15) is 11.5 Å². The molecule has 0 amide bonds. The Hall–Kier alpha value is -2.06. The van der Waals surface area contributed by atoms with Crippen molar-refractivity contribution in [3.8, 4) is 11.5 Å². The zero-order chi connectivity index (χ0) is 12.9. The molecule has 0 atom stereocenters. The fourth-order valence-corrected chi connectivity index (χ4v) is 2.19. The van der Waals surface area contributed by atoms with Crippen LogP contribution in [0.15, 0.2) is 60.7 Å². The maximum atomic E-state index is 5.78. The first-order valence-electron chi connectivity index (χ1n) is 6.57. The molecule has 0 aliphatic carbocycles. The lowest BCUT2D eigenvalue weighted by Gasteiger charge is -2.13. The summed E-state index contributed by atoms with van der Waals surface area (Å²) in [7, 11) is 0. The van der Waals surface area contributed by atoms with Crippen molar-refractivity contribution in [2.45, 2.75) is 6.42 Å². The van der Waals surface area contributed by atoms with Gasteiger partial charge in [-0.05, 0) is 41.8 Å². The third-order valence-corrected chi connectivity index (χ3v) is 3.21. The van der Waals surface area contributed by atoms with E-state index in [0.29, 0.717) is 0 Å². The molecule has 2 aromatic carbocycles. The SMILES string of the molecule is C1=C(c2ccc(Oc3ccccc3)cc2)CC[N]C1. The van der Waals surface area contributed by atoms with Gasteiger partial charge in [0, 0.05) is 13.1 Å². The molecule has 0 aromatic heterocycles. The maximum absolute atomic E-state index is 5.78. The molecule has 95 valence electrons. The van der Waals surface area contributed by atoms with Gasteiger partial charge >= 0.3 is 0 Å². The highest BCUT2D eigenvalue weighted by molar-refractivity contribution is 5.67. The average molecular weight is 250 g/mol. The van der Waals surface area contributed by atoms with Crippen LogP contribution in [-0.2, 0) is 0 Å². The Kier molecular flexibility index (Phi) is 3.61. The maximum Gasteiger partial charge on any atom is 0.127 e. The highest BCUT2D eigenvalue weighted by Gasteiger charge is 2.06. The lowest BCUT2D eigenvalue weighted by atomic mass is 10.0. The molecular weight excluding hydrogens is 234 g/mol. The minimum absolute atomic E-state index is 0.845. The van der Waals surface area contributed by atoms with Crippen LogP contribution in [0.4, 0.5) is 0 Å². The molecule has 0 bridgehead atoms. The molecule has 19 heavy (non-hydrogen) atoms. The molecule has 0 unspecified atom stereocenters. The van der Waals surface area contributed by atoms with Crippen molar-refractivity contribution in [2.75, 3.05) is 13.1 Å². The second-order valence-electron chi connectivity index (χ2n) is 4.55. The molecule has 2 aromatic rings. The monoisotopic (exact) mass is 250 g/mol. The van der Waals surface area contributed by atoms with Crippen molar-refractivity contribution in [1.82, 2.24) is 5.32 Å². The van der Waals surface area contributed by atoms with Gasteiger partial charge in [-0.1, -0.05) is 36.4 Å². The van der Waals surface area contributed by atoms with Crippen molar-refractivity contribution in [3.63, 3.8) is 0 Å². The zero-order valence-corrected chi connectivity index (χ0v) is 10.8. The highest BCUT2D eigenvalue weighted by atomic mass is 16.5. The van der Waals surface area contributed by atoms with E-state index in [1.54, 1.807) is 0 Å². The van der Waals surface area contributed by atoms with Gasteiger partial charge in [0.2, 0.25) is 0 Å². The standard InChI is InChI=1S/C17H16NO/c1-2-4-16(5-3-1)19-17-8-6-14(7-9-17)15-10-12-18-13-11-15/h1-10H,11-13H2. The van der Waals surface area contributed by atoms with E-state index < -0.39 is 0 Å². The Morgan fingerprint density at radius 3 is 2.26 bits per heavy atom. The molecule has 0 spiro atoms. The van der Waals surface area contributed by atoms with Crippen LogP contribution in [0.1, 0.15) is 12.0 Å². The summed E-state index contributed by atoms with van der Waals surface area (Å²) in [6, 6.07) is 18.1. The van der Waals surface area contributed by atoms with Crippen LogP contribution >= 0.6 is 0 Å². The summed E-state index contributed by atoms with van der Waals surface area (Å²) < 4.78 is 5.78. The molecule has 0 N–H and O–H groups in total. The number of nitrogens with zero attached hydrogens (tertiary/aromatic N) is 1. The largest absolute Gasteiger partial charge is 0.457 e. The van der Waals surface area contributed by atoms with Crippen LogP contribution < -0.4 is 10.1 Å². The predicted molar refractivity (Wildman–Crippen MR) is 77.4 cm³/mol. The first-order valence-corrected chi connectivity index (χ1v) is 6.57. The number of hydrogen-bond acceptors (Lipinski definition) is 1. The summed E-state index contributed by atoms with van der Waals surface area (Å²) in [4.78, 5) is 0. The van der Waals surface area contributed by atoms with E-state index in [4.69, 9.17) is 4.74 Å². The van der Waals surface area contributed by atoms with E-state index in [1.807, 2.05) is 42.5 Å². The summed E-state index contributed by atoms with van der Waals surface area (Å²) in [5.74, 6) is 1.74. The normalized spacial score (nSPS) is 14.8. The van der Waals surface area contributed by atoms with Crippen molar-refractivity contribution in [1.29, 1.82) is 0 Å². The summed E-state index contributed by atoms with van der Waals surface area (Å²) in [5.41, 5.74) is 2.66. The predicted octanol–water partition coefficient (Wildman–Crippen LogP) is 3.87. The lowest BCUT2D eigenvalue weighted by molar-refractivity contribution is 0.482. The number of rotatable bonds is 3. The zero-order valence-electron chi connectivity index (χ0n) is 10.8. The van der Waals surface area contributed by atoms with Gasteiger partial charge in [-0.25, -0.2) is 5.32 Å². The van der Waals surface area contributed by atoms with Gasteiger partial charge in [-0.3, -0.25) is 0 Å². The third kappa shape index (κ3) is 3.04. The fraction of sp³-hybridized carbons (Fsp3) is 0.176. The number of benzene rings is 2. The second-order valence-corrected chi connectivity index (χ2v) is 4.55. The summed E-state index contributed by atoms with van der Waals surface area (Å²) in [5, 5.41) is 4.33. The van der Waals surface area contributed by atoms with Crippen molar-refractivity contribution < 1.29 is 4.74 Å². The van der Waals surface area contributed by atoms with E-state index in [0.717, 1.165) is 31.0 Å². The molecule has 2 heteroatoms. The summed E-state index contributed by atoms with van der Waals surface area (Å²) >= 11 is 0. The Labute approximate surface area is 113 Å². The minimum atomic E-state index is 0.845. The van der Waals surface area contributed by atoms with E-state index in [-0.39, 0.29) is 0 Å².